The number of carbonyl (C=O) groups is 1. The number of nitrogens with zero attached hydrogens (tertiary/aromatic N) is 2. The fourth-order valence-corrected chi connectivity index (χ4v) is 4.18. The molecule has 5 heteroatoms. The molecule has 1 saturated heterocycles. The predicted octanol–water partition coefficient (Wildman–Crippen LogP) is 3.55. The number of rotatable bonds is 3. The summed E-state index contributed by atoms with van der Waals surface area (Å²) in [7, 11) is 1.98. The molecular formula is C21H26N2O3. The van der Waals surface area contributed by atoms with Gasteiger partial charge in [0.05, 0.1) is 5.56 Å². The van der Waals surface area contributed by atoms with Crippen LogP contribution in [0.3, 0.4) is 0 Å². The molecule has 3 heterocycles. The van der Waals surface area contributed by atoms with Crippen LogP contribution in [0.1, 0.15) is 41.4 Å². The van der Waals surface area contributed by atoms with Crippen molar-refractivity contribution >= 4 is 5.91 Å². The molecule has 26 heavy (non-hydrogen) atoms. The second-order valence-electron chi connectivity index (χ2n) is 7.93. The second-order valence-corrected chi connectivity index (χ2v) is 7.93. The van der Waals surface area contributed by atoms with Crippen LogP contribution in [-0.2, 0) is 13.5 Å². The molecule has 138 valence electrons. The van der Waals surface area contributed by atoms with Gasteiger partial charge in [-0.2, -0.15) is 0 Å². The number of hydrogen-bond donors (Lipinski definition) is 0. The maximum atomic E-state index is 13.0. The zero-order valence-electron chi connectivity index (χ0n) is 15.7. The Labute approximate surface area is 154 Å². The van der Waals surface area contributed by atoms with E-state index >= 15 is 0 Å². The van der Waals surface area contributed by atoms with Gasteiger partial charge in [0.2, 0.25) is 6.79 Å². The molecule has 2 aromatic rings. The van der Waals surface area contributed by atoms with Crippen molar-refractivity contribution in [3.63, 3.8) is 0 Å². The number of piperidine rings is 1. The van der Waals surface area contributed by atoms with E-state index in [0.717, 1.165) is 55.1 Å². The summed E-state index contributed by atoms with van der Waals surface area (Å²) in [6.45, 7) is 6.21. The first-order valence-corrected chi connectivity index (χ1v) is 9.25. The van der Waals surface area contributed by atoms with Crippen molar-refractivity contribution in [2.24, 2.45) is 12.5 Å². The zero-order valence-corrected chi connectivity index (χ0v) is 15.7. The number of aromatic nitrogens is 1. The first-order valence-electron chi connectivity index (χ1n) is 9.25. The molecule has 0 bridgehead atoms. The molecule has 1 fully saturated rings. The van der Waals surface area contributed by atoms with E-state index in [1.165, 1.54) is 5.56 Å². The minimum absolute atomic E-state index is 0.0737. The number of ether oxygens (including phenoxy) is 2. The van der Waals surface area contributed by atoms with Crippen LogP contribution < -0.4 is 9.47 Å². The average molecular weight is 354 g/mol. The maximum Gasteiger partial charge on any atom is 0.255 e. The van der Waals surface area contributed by atoms with E-state index in [4.69, 9.17) is 9.47 Å². The molecule has 1 aromatic carbocycles. The van der Waals surface area contributed by atoms with E-state index in [1.807, 2.05) is 41.8 Å². The number of carbonyl (C=O) groups excluding carboxylic acids is 1. The Balaban J connectivity index is 1.50. The highest BCUT2D eigenvalue weighted by Gasteiger charge is 2.34. The fraction of sp³-hybridized carbons (Fsp3) is 0.476. The molecule has 0 spiro atoms. The van der Waals surface area contributed by atoms with Crippen molar-refractivity contribution < 1.29 is 14.3 Å². The SMILES string of the molecule is Cc1c(C(=O)N2CCC[C@](C)(Cc3ccc4c(c3)OCO4)C2)ccn1C. The van der Waals surface area contributed by atoms with Crippen LogP contribution in [0.5, 0.6) is 11.5 Å². The van der Waals surface area contributed by atoms with E-state index in [2.05, 4.69) is 19.1 Å². The molecule has 2 aliphatic heterocycles. The minimum atomic E-state index is 0.0737. The lowest BCUT2D eigenvalue weighted by Crippen LogP contribution is -2.45. The zero-order chi connectivity index (χ0) is 18.3. The third kappa shape index (κ3) is 3.06. The molecule has 0 unspecified atom stereocenters. The monoisotopic (exact) mass is 354 g/mol. The highest BCUT2D eigenvalue weighted by Crippen LogP contribution is 2.38. The van der Waals surface area contributed by atoms with Crippen LogP contribution >= 0.6 is 0 Å². The van der Waals surface area contributed by atoms with Gasteiger partial charge in [-0.15, -0.1) is 0 Å². The fourth-order valence-electron chi connectivity index (χ4n) is 4.18. The maximum absolute atomic E-state index is 13.0. The van der Waals surface area contributed by atoms with Gasteiger partial charge < -0.3 is 18.9 Å². The predicted molar refractivity (Wildman–Crippen MR) is 99.7 cm³/mol. The van der Waals surface area contributed by atoms with Gasteiger partial charge in [0, 0.05) is 32.0 Å². The van der Waals surface area contributed by atoms with Crippen LogP contribution in [0.15, 0.2) is 30.5 Å². The summed E-state index contributed by atoms with van der Waals surface area (Å²) in [4.78, 5) is 15.0. The first-order chi connectivity index (χ1) is 12.5. The summed E-state index contributed by atoms with van der Waals surface area (Å²) in [6.07, 6.45) is 5.05. The Morgan fingerprint density at radius 1 is 1.23 bits per heavy atom. The van der Waals surface area contributed by atoms with E-state index in [-0.39, 0.29) is 11.3 Å². The van der Waals surface area contributed by atoms with Gasteiger partial charge in [-0.25, -0.2) is 0 Å². The lowest BCUT2D eigenvalue weighted by molar-refractivity contribution is 0.0550. The molecule has 0 aliphatic carbocycles. The van der Waals surface area contributed by atoms with E-state index in [1.54, 1.807) is 0 Å². The van der Waals surface area contributed by atoms with Crippen LogP contribution in [0.2, 0.25) is 0 Å². The molecular weight excluding hydrogens is 328 g/mol. The molecule has 0 N–H and O–H groups in total. The van der Waals surface area contributed by atoms with Crippen molar-refractivity contribution in [2.75, 3.05) is 19.9 Å². The quantitative estimate of drug-likeness (QED) is 0.847. The number of fused-ring (bicyclic) bond motifs is 1. The lowest BCUT2D eigenvalue weighted by atomic mass is 9.76. The number of amides is 1. The van der Waals surface area contributed by atoms with E-state index in [9.17, 15) is 4.79 Å². The highest BCUT2D eigenvalue weighted by atomic mass is 16.7. The van der Waals surface area contributed by atoms with E-state index in [0.29, 0.717) is 6.79 Å². The number of aryl methyl sites for hydroxylation is 1. The minimum Gasteiger partial charge on any atom is -0.454 e. The smallest absolute Gasteiger partial charge is 0.255 e. The van der Waals surface area contributed by atoms with Crippen LogP contribution in [0, 0.1) is 12.3 Å². The van der Waals surface area contributed by atoms with Gasteiger partial charge in [-0.3, -0.25) is 4.79 Å². The average Bonchev–Trinajstić information content (AvgIpc) is 3.21. The van der Waals surface area contributed by atoms with Gasteiger partial charge in [0.25, 0.3) is 5.91 Å². The lowest BCUT2D eigenvalue weighted by Gasteiger charge is -2.40. The van der Waals surface area contributed by atoms with Crippen LogP contribution in [-0.4, -0.2) is 35.3 Å². The Bertz CT molecular complexity index is 842. The molecule has 0 radical (unpaired) electrons. The highest BCUT2D eigenvalue weighted by molar-refractivity contribution is 5.95. The first kappa shape index (κ1) is 17.0. The molecule has 1 aromatic heterocycles. The molecule has 4 rings (SSSR count). The van der Waals surface area contributed by atoms with Crippen LogP contribution in [0.25, 0.3) is 0 Å². The third-order valence-corrected chi connectivity index (χ3v) is 5.75. The van der Waals surface area contributed by atoms with E-state index < -0.39 is 0 Å². The Morgan fingerprint density at radius 3 is 2.81 bits per heavy atom. The summed E-state index contributed by atoms with van der Waals surface area (Å²) in [5.74, 6) is 1.80. The summed E-state index contributed by atoms with van der Waals surface area (Å²) in [5, 5.41) is 0. The summed E-state index contributed by atoms with van der Waals surface area (Å²) in [6, 6.07) is 8.11. The summed E-state index contributed by atoms with van der Waals surface area (Å²) in [5.41, 5.74) is 3.16. The Kier molecular flexibility index (Phi) is 4.17. The largest absolute Gasteiger partial charge is 0.454 e. The molecule has 1 atom stereocenters. The Hall–Kier alpha value is -2.43. The summed E-state index contributed by atoms with van der Waals surface area (Å²) >= 11 is 0. The van der Waals surface area contributed by atoms with Crippen molar-refractivity contribution in [3.05, 3.63) is 47.3 Å². The Morgan fingerprint density at radius 2 is 2.04 bits per heavy atom. The van der Waals surface area contributed by atoms with Crippen molar-refractivity contribution in [3.8, 4) is 11.5 Å². The van der Waals surface area contributed by atoms with Gasteiger partial charge in [-0.1, -0.05) is 13.0 Å². The van der Waals surface area contributed by atoms with Crippen molar-refractivity contribution in [1.82, 2.24) is 9.47 Å². The van der Waals surface area contributed by atoms with Crippen molar-refractivity contribution in [1.29, 1.82) is 0 Å². The summed E-state index contributed by atoms with van der Waals surface area (Å²) < 4.78 is 12.9. The molecule has 0 saturated carbocycles. The standard InChI is InChI=1S/C21H26N2O3/c1-15-17(7-10-22(15)3)20(24)23-9-4-8-21(2,13-23)12-16-5-6-18-19(11-16)26-14-25-18/h5-7,10-11H,4,8-9,12-14H2,1-3H3/t21-/m1/s1. The second kappa shape index (κ2) is 6.38. The van der Waals surface area contributed by atoms with Crippen LogP contribution in [0.4, 0.5) is 0 Å². The molecule has 2 aliphatic rings. The van der Waals surface area contributed by atoms with Gasteiger partial charge in [-0.05, 0) is 55.4 Å². The van der Waals surface area contributed by atoms with Gasteiger partial charge in [0.1, 0.15) is 0 Å². The number of benzene rings is 1. The number of likely N-dealkylation sites (tertiary alicyclic amines) is 1. The van der Waals surface area contributed by atoms with Crippen molar-refractivity contribution in [2.45, 2.75) is 33.1 Å². The molecule has 5 nitrogen and oxygen atoms in total. The van der Waals surface area contributed by atoms with Gasteiger partial charge in [0.15, 0.2) is 11.5 Å². The van der Waals surface area contributed by atoms with Gasteiger partial charge >= 0.3 is 0 Å². The topological polar surface area (TPSA) is 43.7 Å². The third-order valence-electron chi connectivity index (χ3n) is 5.75. The molecule has 1 amide bonds. The number of hydrogen-bond acceptors (Lipinski definition) is 3. The normalized spacial score (nSPS) is 21.9.